The van der Waals surface area contributed by atoms with Crippen LogP contribution in [0.1, 0.15) is 17.5 Å². The highest BCUT2D eigenvalue weighted by Gasteiger charge is 2.22. The Morgan fingerprint density at radius 3 is 2.89 bits per heavy atom. The lowest BCUT2D eigenvalue weighted by Gasteiger charge is -2.16. The van der Waals surface area contributed by atoms with Crippen LogP contribution in [-0.4, -0.2) is 29.9 Å². The highest BCUT2D eigenvalue weighted by atomic mass is 16.1. The van der Waals surface area contributed by atoms with Gasteiger partial charge in [0.25, 0.3) is 0 Å². The average Bonchev–Trinajstić information content (AvgIpc) is 2.79. The van der Waals surface area contributed by atoms with Gasteiger partial charge in [0.1, 0.15) is 0 Å². The van der Waals surface area contributed by atoms with Crippen LogP contribution in [0.15, 0.2) is 36.9 Å². The summed E-state index contributed by atoms with van der Waals surface area (Å²) in [6.45, 7) is 8.49. The summed E-state index contributed by atoms with van der Waals surface area (Å²) in [4.78, 5) is 13.6. The highest BCUT2D eigenvalue weighted by molar-refractivity contribution is 5.87. The molecule has 0 aromatic heterocycles. The smallest absolute Gasteiger partial charge is 0.243 e. The van der Waals surface area contributed by atoms with Crippen LogP contribution in [0.3, 0.4) is 0 Å². The van der Waals surface area contributed by atoms with E-state index in [1.165, 1.54) is 17.2 Å². The second-order valence-electron chi connectivity index (χ2n) is 4.92. The van der Waals surface area contributed by atoms with Crippen LogP contribution in [0.5, 0.6) is 0 Å². The molecular weight excluding hydrogens is 224 g/mol. The standard InChI is InChI=1S/C15H20N2O/c1-3-15(18)16-14-8-9-17(11-14)10-13-6-4-12(2)5-7-13/h3-7,14H,1,8-11H2,2H3,(H,16,18). The molecule has 1 aromatic carbocycles. The number of hydrogen-bond acceptors (Lipinski definition) is 2. The summed E-state index contributed by atoms with van der Waals surface area (Å²) in [5.74, 6) is -0.0721. The van der Waals surface area contributed by atoms with Crippen molar-refractivity contribution in [1.29, 1.82) is 0 Å². The minimum atomic E-state index is -0.0721. The molecule has 3 nitrogen and oxygen atoms in total. The van der Waals surface area contributed by atoms with Crippen molar-refractivity contribution in [3.05, 3.63) is 48.0 Å². The molecule has 1 aromatic rings. The zero-order chi connectivity index (χ0) is 13.0. The predicted molar refractivity (Wildman–Crippen MR) is 73.2 cm³/mol. The van der Waals surface area contributed by atoms with E-state index < -0.39 is 0 Å². The fourth-order valence-corrected chi connectivity index (χ4v) is 2.31. The summed E-state index contributed by atoms with van der Waals surface area (Å²) in [6, 6.07) is 8.89. The Morgan fingerprint density at radius 2 is 2.22 bits per heavy atom. The lowest BCUT2D eigenvalue weighted by atomic mass is 10.1. The molecule has 0 saturated carbocycles. The Bertz CT molecular complexity index is 425. The van der Waals surface area contributed by atoms with Crippen LogP contribution in [0.2, 0.25) is 0 Å². The van der Waals surface area contributed by atoms with E-state index in [1.54, 1.807) is 0 Å². The summed E-state index contributed by atoms with van der Waals surface area (Å²) >= 11 is 0. The molecule has 0 radical (unpaired) electrons. The van der Waals surface area contributed by atoms with Crippen LogP contribution < -0.4 is 5.32 Å². The number of carbonyl (C=O) groups excluding carboxylic acids is 1. The van der Waals surface area contributed by atoms with Crippen LogP contribution in [0, 0.1) is 6.92 Å². The molecule has 0 spiro atoms. The first-order valence-corrected chi connectivity index (χ1v) is 6.38. The fourth-order valence-electron chi connectivity index (χ4n) is 2.31. The molecule has 1 atom stereocenters. The average molecular weight is 244 g/mol. The number of hydrogen-bond donors (Lipinski definition) is 1. The quantitative estimate of drug-likeness (QED) is 0.820. The molecule has 1 aliphatic heterocycles. The molecule has 1 aliphatic rings. The van der Waals surface area contributed by atoms with Crippen molar-refractivity contribution in [3.8, 4) is 0 Å². The van der Waals surface area contributed by atoms with E-state index in [2.05, 4.69) is 48.0 Å². The Balaban J connectivity index is 1.84. The molecule has 1 fully saturated rings. The third-order valence-corrected chi connectivity index (χ3v) is 3.33. The Kier molecular flexibility index (Phi) is 4.15. The van der Waals surface area contributed by atoms with Crippen molar-refractivity contribution in [3.63, 3.8) is 0 Å². The zero-order valence-electron chi connectivity index (χ0n) is 10.9. The van der Waals surface area contributed by atoms with Gasteiger partial charge in [-0.25, -0.2) is 0 Å². The van der Waals surface area contributed by atoms with Crippen molar-refractivity contribution in [1.82, 2.24) is 10.2 Å². The summed E-state index contributed by atoms with van der Waals surface area (Å²) in [5.41, 5.74) is 2.62. The normalized spacial score (nSPS) is 19.7. The van der Waals surface area contributed by atoms with Gasteiger partial charge in [0.2, 0.25) is 5.91 Å². The van der Waals surface area contributed by atoms with Gasteiger partial charge in [-0.2, -0.15) is 0 Å². The number of nitrogens with one attached hydrogen (secondary N) is 1. The van der Waals surface area contributed by atoms with E-state index in [-0.39, 0.29) is 11.9 Å². The summed E-state index contributed by atoms with van der Waals surface area (Å²) < 4.78 is 0. The maximum absolute atomic E-state index is 11.2. The van der Waals surface area contributed by atoms with E-state index in [1.807, 2.05) is 0 Å². The molecule has 96 valence electrons. The maximum Gasteiger partial charge on any atom is 0.243 e. The molecule has 1 unspecified atom stereocenters. The number of benzene rings is 1. The Hall–Kier alpha value is -1.61. The van der Waals surface area contributed by atoms with Crippen LogP contribution in [0.4, 0.5) is 0 Å². The van der Waals surface area contributed by atoms with Crippen molar-refractivity contribution in [2.45, 2.75) is 25.9 Å². The Labute approximate surface area is 108 Å². The number of nitrogens with zero attached hydrogens (tertiary/aromatic N) is 1. The minimum absolute atomic E-state index is 0.0721. The van der Waals surface area contributed by atoms with Crippen LogP contribution in [-0.2, 0) is 11.3 Å². The second-order valence-corrected chi connectivity index (χ2v) is 4.92. The largest absolute Gasteiger partial charge is 0.349 e. The SMILES string of the molecule is C=CC(=O)NC1CCN(Cc2ccc(C)cc2)C1. The molecule has 1 heterocycles. The van der Waals surface area contributed by atoms with Crippen molar-refractivity contribution in [2.75, 3.05) is 13.1 Å². The topological polar surface area (TPSA) is 32.3 Å². The van der Waals surface area contributed by atoms with E-state index in [4.69, 9.17) is 0 Å². The Morgan fingerprint density at radius 1 is 1.50 bits per heavy atom. The van der Waals surface area contributed by atoms with Gasteiger partial charge < -0.3 is 5.32 Å². The van der Waals surface area contributed by atoms with Crippen LogP contribution >= 0.6 is 0 Å². The molecule has 18 heavy (non-hydrogen) atoms. The molecule has 1 saturated heterocycles. The number of carbonyl (C=O) groups is 1. The van der Waals surface area contributed by atoms with Gasteiger partial charge in [0, 0.05) is 25.7 Å². The van der Waals surface area contributed by atoms with Gasteiger partial charge in [0.15, 0.2) is 0 Å². The van der Waals surface area contributed by atoms with E-state index in [0.29, 0.717) is 0 Å². The first-order chi connectivity index (χ1) is 8.67. The van der Waals surface area contributed by atoms with Gasteiger partial charge in [0.05, 0.1) is 0 Å². The van der Waals surface area contributed by atoms with Crippen molar-refractivity contribution < 1.29 is 4.79 Å². The first-order valence-electron chi connectivity index (χ1n) is 6.38. The first kappa shape index (κ1) is 12.8. The van der Waals surface area contributed by atoms with Crippen LogP contribution in [0.25, 0.3) is 0 Å². The van der Waals surface area contributed by atoms with Crippen molar-refractivity contribution >= 4 is 5.91 Å². The highest BCUT2D eigenvalue weighted by Crippen LogP contribution is 2.14. The van der Waals surface area contributed by atoms with Crippen molar-refractivity contribution in [2.24, 2.45) is 0 Å². The zero-order valence-corrected chi connectivity index (χ0v) is 10.9. The lowest BCUT2D eigenvalue weighted by molar-refractivity contribution is -0.117. The number of likely N-dealkylation sites (tertiary alicyclic amines) is 1. The fraction of sp³-hybridized carbons (Fsp3) is 0.400. The van der Waals surface area contributed by atoms with E-state index in [9.17, 15) is 4.79 Å². The van der Waals surface area contributed by atoms with E-state index in [0.717, 1.165) is 26.1 Å². The third-order valence-electron chi connectivity index (χ3n) is 3.33. The lowest BCUT2D eigenvalue weighted by Crippen LogP contribution is -2.35. The third kappa shape index (κ3) is 3.44. The molecular formula is C15H20N2O. The maximum atomic E-state index is 11.2. The molecule has 2 rings (SSSR count). The van der Waals surface area contributed by atoms with Gasteiger partial charge in [-0.15, -0.1) is 0 Å². The number of rotatable bonds is 4. The summed E-state index contributed by atoms with van der Waals surface area (Å²) in [6.07, 6.45) is 2.36. The van der Waals surface area contributed by atoms with Gasteiger partial charge in [-0.3, -0.25) is 9.69 Å². The molecule has 1 N–H and O–H groups in total. The summed E-state index contributed by atoms with van der Waals surface area (Å²) in [7, 11) is 0. The monoisotopic (exact) mass is 244 g/mol. The second kappa shape index (κ2) is 5.83. The summed E-state index contributed by atoms with van der Waals surface area (Å²) in [5, 5.41) is 2.95. The molecule has 0 bridgehead atoms. The van der Waals surface area contributed by atoms with E-state index >= 15 is 0 Å². The van der Waals surface area contributed by atoms with Gasteiger partial charge in [-0.05, 0) is 25.0 Å². The molecule has 3 heteroatoms. The van der Waals surface area contributed by atoms with Gasteiger partial charge in [-0.1, -0.05) is 36.4 Å². The molecule has 1 amide bonds. The number of amides is 1. The number of aryl methyl sites for hydroxylation is 1. The molecule has 0 aliphatic carbocycles. The minimum Gasteiger partial charge on any atom is -0.349 e. The predicted octanol–water partition coefficient (Wildman–Crippen LogP) is 1.87. The van der Waals surface area contributed by atoms with Gasteiger partial charge >= 0.3 is 0 Å².